The van der Waals surface area contributed by atoms with Crippen molar-refractivity contribution in [3.8, 4) is 0 Å². The van der Waals surface area contributed by atoms with Crippen LogP contribution in [0.25, 0.3) is 0 Å². The fourth-order valence-electron chi connectivity index (χ4n) is 2.17. The Balaban J connectivity index is 1.98. The number of thioether (sulfide) groups is 2. The Morgan fingerprint density at radius 3 is 2.88 bits per heavy atom. The molecule has 0 aromatic heterocycles. The van der Waals surface area contributed by atoms with Crippen LogP contribution in [0.1, 0.15) is 12.5 Å². The lowest BCUT2D eigenvalue weighted by atomic mass is 10.0. The van der Waals surface area contributed by atoms with E-state index < -0.39 is 0 Å². The van der Waals surface area contributed by atoms with Gasteiger partial charge in [-0.1, -0.05) is 30.7 Å². The van der Waals surface area contributed by atoms with Crippen LogP contribution >= 0.6 is 35.1 Å². The molecule has 0 amide bonds. The maximum Gasteiger partial charge on any atom is 0.0408 e. The van der Waals surface area contributed by atoms with Crippen molar-refractivity contribution in [1.29, 1.82) is 0 Å². The molecule has 3 atom stereocenters. The first kappa shape index (κ1) is 13.6. The van der Waals surface area contributed by atoms with E-state index in [-0.39, 0.29) is 6.04 Å². The van der Waals surface area contributed by atoms with E-state index in [9.17, 15) is 0 Å². The van der Waals surface area contributed by atoms with Crippen molar-refractivity contribution in [3.05, 3.63) is 34.9 Å². The lowest BCUT2D eigenvalue weighted by Crippen LogP contribution is -2.42. The Bertz CT molecular complexity index is 372. The first-order chi connectivity index (χ1) is 8.16. The highest BCUT2D eigenvalue weighted by Gasteiger charge is 2.28. The number of hydrogen-bond donors (Lipinski definition) is 1. The summed E-state index contributed by atoms with van der Waals surface area (Å²) >= 11 is 10.1. The maximum atomic E-state index is 6.34. The number of hydrogen-bond acceptors (Lipinski definition) is 3. The molecule has 1 aromatic rings. The van der Waals surface area contributed by atoms with Crippen LogP contribution in [-0.4, -0.2) is 28.0 Å². The quantitative estimate of drug-likeness (QED) is 0.922. The Hall–Kier alpha value is 0.170. The predicted octanol–water partition coefficient (Wildman–Crippen LogP) is 3.45. The van der Waals surface area contributed by atoms with Crippen LogP contribution in [0.15, 0.2) is 24.3 Å². The molecule has 2 N–H and O–H groups in total. The lowest BCUT2D eigenvalue weighted by Gasteiger charge is -2.32. The normalized spacial score (nSPS) is 26.8. The van der Waals surface area contributed by atoms with Gasteiger partial charge in [-0.05, 0) is 24.1 Å². The standard InChI is InChI=1S/C13H18ClNS2/c1-9-13(17-6-5-16-9)12(15)8-10-3-2-4-11(14)7-10/h2-4,7,9,12-13H,5-6,8,15H2,1H3. The summed E-state index contributed by atoms with van der Waals surface area (Å²) in [5.74, 6) is 2.48. The molecule has 1 fully saturated rings. The van der Waals surface area contributed by atoms with Gasteiger partial charge in [0.2, 0.25) is 0 Å². The number of nitrogens with two attached hydrogens (primary N) is 1. The summed E-state index contributed by atoms with van der Waals surface area (Å²) in [5.41, 5.74) is 7.59. The van der Waals surface area contributed by atoms with E-state index in [2.05, 4.69) is 13.0 Å². The molecule has 0 saturated carbocycles. The molecule has 1 aliphatic rings. The first-order valence-corrected chi connectivity index (χ1v) is 8.37. The van der Waals surface area contributed by atoms with Crippen molar-refractivity contribution in [2.75, 3.05) is 11.5 Å². The van der Waals surface area contributed by atoms with Crippen LogP contribution in [0.4, 0.5) is 0 Å². The van der Waals surface area contributed by atoms with Crippen LogP contribution in [0.2, 0.25) is 5.02 Å². The van der Waals surface area contributed by atoms with Crippen LogP contribution in [0.5, 0.6) is 0 Å². The van der Waals surface area contributed by atoms with E-state index >= 15 is 0 Å². The highest BCUT2D eigenvalue weighted by molar-refractivity contribution is 8.07. The summed E-state index contributed by atoms with van der Waals surface area (Å²) in [5, 5.41) is 2.02. The summed E-state index contributed by atoms with van der Waals surface area (Å²) in [6.07, 6.45) is 0.920. The highest BCUT2D eigenvalue weighted by atomic mass is 35.5. The summed E-state index contributed by atoms with van der Waals surface area (Å²) in [4.78, 5) is 0. The van der Waals surface area contributed by atoms with Gasteiger partial charge in [-0.2, -0.15) is 23.5 Å². The zero-order chi connectivity index (χ0) is 12.3. The van der Waals surface area contributed by atoms with Gasteiger partial charge in [-0.25, -0.2) is 0 Å². The average molecular weight is 288 g/mol. The zero-order valence-corrected chi connectivity index (χ0v) is 12.3. The van der Waals surface area contributed by atoms with E-state index in [0.29, 0.717) is 10.5 Å². The number of benzene rings is 1. The van der Waals surface area contributed by atoms with Crippen LogP contribution in [0, 0.1) is 0 Å². The van der Waals surface area contributed by atoms with Gasteiger partial charge in [0.15, 0.2) is 0 Å². The fraction of sp³-hybridized carbons (Fsp3) is 0.538. The number of rotatable bonds is 3. The van der Waals surface area contributed by atoms with E-state index in [1.165, 1.54) is 17.1 Å². The maximum absolute atomic E-state index is 6.34. The van der Waals surface area contributed by atoms with Gasteiger partial charge in [0.1, 0.15) is 0 Å². The molecule has 94 valence electrons. The Morgan fingerprint density at radius 2 is 2.18 bits per heavy atom. The van der Waals surface area contributed by atoms with Crippen LogP contribution in [-0.2, 0) is 6.42 Å². The van der Waals surface area contributed by atoms with Crippen molar-refractivity contribution in [2.24, 2.45) is 5.73 Å². The van der Waals surface area contributed by atoms with E-state index in [1.54, 1.807) is 0 Å². The minimum atomic E-state index is 0.223. The second-order valence-electron chi connectivity index (χ2n) is 4.41. The molecule has 17 heavy (non-hydrogen) atoms. The molecule has 1 aromatic carbocycles. The zero-order valence-electron chi connectivity index (χ0n) is 9.93. The summed E-state index contributed by atoms with van der Waals surface area (Å²) in [7, 11) is 0. The Morgan fingerprint density at radius 1 is 1.41 bits per heavy atom. The largest absolute Gasteiger partial charge is 0.326 e. The average Bonchev–Trinajstić information content (AvgIpc) is 2.29. The van der Waals surface area contributed by atoms with Gasteiger partial charge in [-0.15, -0.1) is 0 Å². The van der Waals surface area contributed by atoms with Crippen LogP contribution < -0.4 is 5.73 Å². The lowest BCUT2D eigenvalue weighted by molar-refractivity contribution is 0.622. The second-order valence-corrected chi connectivity index (χ2v) is 7.62. The molecule has 0 aliphatic carbocycles. The Labute approximate surface area is 117 Å². The van der Waals surface area contributed by atoms with Gasteiger partial charge >= 0.3 is 0 Å². The van der Waals surface area contributed by atoms with E-state index in [4.69, 9.17) is 17.3 Å². The van der Waals surface area contributed by atoms with Crippen LogP contribution in [0.3, 0.4) is 0 Å². The van der Waals surface area contributed by atoms with Crippen molar-refractivity contribution in [1.82, 2.24) is 0 Å². The summed E-state index contributed by atoms with van der Waals surface area (Å²) in [6.45, 7) is 2.29. The smallest absolute Gasteiger partial charge is 0.0408 e. The summed E-state index contributed by atoms with van der Waals surface area (Å²) in [6, 6.07) is 8.26. The first-order valence-electron chi connectivity index (χ1n) is 5.90. The van der Waals surface area contributed by atoms with Crippen molar-refractivity contribution >= 4 is 35.1 Å². The van der Waals surface area contributed by atoms with Gasteiger partial charge in [-0.3, -0.25) is 0 Å². The highest BCUT2D eigenvalue weighted by Crippen LogP contribution is 2.33. The molecule has 1 saturated heterocycles. The molecule has 2 rings (SSSR count). The van der Waals surface area contributed by atoms with E-state index in [1.807, 2.05) is 41.7 Å². The molecule has 4 heteroatoms. The molecular weight excluding hydrogens is 270 g/mol. The molecule has 1 nitrogen and oxygen atoms in total. The van der Waals surface area contributed by atoms with Gasteiger partial charge in [0.05, 0.1) is 0 Å². The monoisotopic (exact) mass is 287 g/mol. The molecule has 0 spiro atoms. The van der Waals surface area contributed by atoms with Gasteiger partial charge < -0.3 is 5.73 Å². The van der Waals surface area contributed by atoms with Crippen molar-refractivity contribution < 1.29 is 0 Å². The molecule has 1 heterocycles. The molecule has 0 radical (unpaired) electrons. The second kappa shape index (κ2) is 6.37. The summed E-state index contributed by atoms with van der Waals surface area (Å²) < 4.78 is 0. The third-order valence-corrected chi connectivity index (χ3v) is 6.53. The Kier molecular flexibility index (Phi) is 5.10. The van der Waals surface area contributed by atoms with Gasteiger partial charge in [0.25, 0.3) is 0 Å². The molecule has 3 unspecified atom stereocenters. The van der Waals surface area contributed by atoms with Gasteiger partial charge in [0, 0.05) is 33.1 Å². The topological polar surface area (TPSA) is 26.0 Å². The SMILES string of the molecule is CC1SCCSC1C(N)Cc1cccc(Cl)c1. The fourth-order valence-corrected chi connectivity index (χ4v) is 5.28. The molecule has 0 bridgehead atoms. The molecule has 1 aliphatic heterocycles. The minimum Gasteiger partial charge on any atom is -0.326 e. The van der Waals surface area contributed by atoms with Crippen molar-refractivity contribution in [2.45, 2.75) is 29.9 Å². The third kappa shape index (κ3) is 3.82. The van der Waals surface area contributed by atoms with E-state index in [0.717, 1.165) is 11.4 Å². The third-order valence-electron chi connectivity index (χ3n) is 3.02. The predicted molar refractivity (Wildman–Crippen MR) is 81.3 cm³/mol. The van der Waals surface area contributed by atoms with Crippen molar-refractivity contribution in [3.63, 3.8) is 0 Å². The molecular formula is C13H18ClNS2. The minimum absolute atomic E-state index is 0.223. The number of halogens is 1.